The fourth-order valence-corrected chi connectivity index (χ4v) is 2.61. The van der Waals surface area contributed by atoms with E-state index in [1.54, 1.807) is 35.5 Å². The van der Waals surface area contributed by atoms with Crippen LogP contribution in [0.15, 0.2) is 43.2 Å². The minimum atomic E-state index is -0.133. The summed E-state index contributed by atoms with van der Waals surface area (Å²) >= 11 is 0. The molecule has 3 aromatic rings. The largest absolute Gasteiger partial charge is 0.337 e. The summed E-state index contributed by atoms with van der Waals surface area (Å²) in [6.45, 7) is 2.54. The molecule has 1 aliphatic heterocycles. The van der Waals surface area contributed by atoms with Gasteiger partial charge in [-0.15, -0.1) is 10.2 Å². The summed E-state index contributed by atoms with van der Waals surface area (Å²) in [5, 5.41) is 12.0. The number of hydrogen-bond donors (Lipinski definition) is 0. The Morgan fingerprint density at radius 1 is 1.00 bits per heavy atom. The molecule has 10 nitrogen and oxygen atoms in total. The molecule has 1 amide bonds. The third-order valence-corrected chi connectivity index (χ3v) is 3.92. The summed E-state index contributed by atoms with van der Waals surface area (Å²) in [5.41, 5.74) is 0.313. The van der Waals surface area contributed by atoms with Crippen molar-refractivity contribution in [1.82, 2.24) is 39.8 Å². The van der Waals surface area contributed by atoms with Gasteiger partial charge in [0.2, 0.25) is 5.95 Å². The van der Waals surface area contributed by atoms with Gasteiger partial charge in [-0.2, -0.15) is 5.10 Å². The quantitative estimate of drug-likeness (QED) is 0.647. The molecule has 1 saturated heterocycles. The van der Waals surface area contributed by atoms with Gasteiger partial charge in [0.05, 0.1) is 0 Å². The number of hydrogen-bond acceptors (Lipinski definition) is 8. The molecule has 4 rings (SSSR count). The van der Waals surface area contributed by atoms with Crippen molar-refractivity contribution in [3.63, 3.8) is 0 Å². The Morgan fingerprint density at radius 3 is 2.44 bits per heavy atom. The molecule has 0 spiro atoms. The summed E-state index contributed by atoms with van der Waals surface area (Å²) in [4.78, 5) is 28.7. The Morgan fingerprint density at radius 2 is 1.80 bits per heavy atom. The first-order chi connectivity index (χ1) is 12.3. The summed E-state index contributed by atoms with van der Waals surface area (Å²) < 4.78 is 1.49. The van der Waals surface area contributed by atoms with Crippen molar-refractivity contribution in [2.45, 2.75) is 0 Å². The minimum Gasteiger partial charge on any atom is -0.337 e. The van der Waals surface area contributed by atoms with Crippen LogP contribution in [0.25, 0.3) is 5.82 Å². The molecule has 25 heavy (non-hydrogen) atoms. The standard InChI is InChI=1S/C15H15N9O/c25-14(12-2-3-13(21-20-12)24-11-16-10-19-24)22-6-8-23(9-7-22)15-17-4-1-5-18-15/h1-5,10-11H,6-9H2. The van der Waals surface area contributed by atoms with Gasteiger partial charge in [0.1, 0.15) is 12.7 Å². The summed E-state index contributed by atoms with van der Waals surface area (Å²) in [6.07, 6.45) is 6.37. The van der Waals surface area contributed by atoms with E-state index in [4.69, 9.17) is 0 Å². The second-order valence-electron chi connectivity index (χ2n) is 5.44. The van der Waals surface area contributed by atoms with Crippen LogP contribution in [0.4, 0.5) is 5.95 Å². The van der Waals surface area contributed by atoms with E-state index >= 15 is 0 Å². The number of anilines is 1. The molecular weight excluding hydrogens is 322 g/mol. The van der Waals surface area contributed by atoms with Gasteiger partial charge in [0, 0.05) is 38.6 Å². The highest BCUT2D eigenvalue weighted by Gasteiger charge is 2.24. The Labute approximate surface area is 143 Å². The Kier molecular flexibility index (Phi) is 3.99. The number of aromatic nitrogens is 7. The lowest BCUT2D eigenvalue weighted by molar-refractivity contribution is 0.0739. The van der Waals surface area contributed by atoms with E-state index in [-0.39, 0.29) is 5.91 Å². The van der Waals surface area contributed by atoms with Crippen LogP contribution in [0, 0.1) is 0 Å². The van der Waals surface area contributed by atoms with Crippen LogP contribution in [0.5, 0.6) is 0 Å². The van der Waals surface area contributed by atoms with Gasteiger partial charge in [-0.05, 0) is 18.2 Å². The third kappa shape index (κ3) is 3.13. The molecule has 0 bridgehead atoms. The van der Waals surface area contributed by atoms with Crippen molar-refractivity contribution in [1.29, 1.82) is 0 Å². The lowest BCUT2D eigenvalue weighted by atomic mass is 10.2. The van der Waals surface area contributed by atoms with Crippen molar-refractivity contribution < 1.29 is 4.79 Å². The Balaban J connectivity index is 1.40. The molecule has 10 heteroatoms. The zero-order valence-electron chi connectivity index (χ0n) is 13.3. The average Bonchev–Trinajstić information content (AvgIpc) is 3.23. The molecular formula is C15H15N9O. The molecule has 0 saturated carbocycles. The highest BCUT2D eigenvalue weighted by Crippen LogP contribution is 2.12. The van der Waals surface area contributed by atoms with Crippen molar-refractivity contribution in [2.24, 2.45) is 0 Å². The molecule has 1 fully saturated rings. The van der Waals surface area contributed by atoms with Gasteiger partial charge in [-0.3, -0.25) is 4.79 Å². The molecule has 0 aliphatic carbocycles. The lowest BCUT2D eigenvalue weighted by Gasteiger charge is -2.34. The SMILES string of the molecule is O=C(c1ccc(-n2cncn2)nn1)N1CCN(c2ncccn2)CC1. The fraction of sp³-hybridized carbons (Fsp3) is 0.267. The van der Waals surface area contributed by atoms with Gasteiger partial charge in [0.25, 0.3) is 5.91 Å². The summed E-state index contributed by atoms with van der Waals surface area (Å²) in [7, 11) is 0. The van der Waals surface area contributed by atoms with Gasteiger partial charge in [-0.25, -0.2) is 19.6 Å². The highest BCUT2D eigenvalue weighted by atomic mass is 16.2. The van der Waals surface area contributed by atoms with Crippen LogP contribution in [0.2, 0.25) is 0 Å². The fourth-order valence-electron chi connectivity index (χ4n) is 2.61. The van der Waals surface area contributed by atoms with Crippen LogP contribution in [-0.4, -0.2) is 71.9 Å². The van der Waals surface area contributed by atoms with E-state index in [0.29, 0.717) is 43.6 Å². The van der Waals surface area contributed by atoms with Crippen molar-refractivity contribution in [3.8, 4) is 5.82 Å². The Bertz CT molecular complexity index is 827. The molecule has 126 valence electrons. The first-order valence-electron chi connectivity index (χ1n) is 7.81. The van der Waals surface area contributed by atoms with Gasteiger partial charge in [0.15, 0.2) is 11.5 Å². The summed E-state index contributed by atoms with van der Waals surface area (Å²) in [5.74, 6) is 1.07. The van der Waals surface area contributed by atoms with Crippen LogP contribution < -0.4 is 4.90 Å². The normalized spacial score (nSPS) is 14.6. The lowest BCUT2D eigenvalue weighted by Crippen LogP contribution is -2.49. The molecule has 0 unspecified atom stereocenters. The maximum atomic E-state index is 12.6. The van der Waals surface area contributed by atoms with Crippen LogP contribution in [-0.2, 0) is 0 Å². The Hall–Kier alpha value is -3.43. The number of rotatable bonds is 3. The molecule has 4 heterocycles. The smallest absolute Gasteiger partial charge is 0.274 e. The number of nitrogens with zero attached hydrogens (tertiary/aromatic N) is 9. The molecule has 3 aromatic heterocycles. The predicted octanol–water partition coefficient (Wildman–Crippen LogP) is -0.190. The molecule has 1 aliphatic rings. The van der Waals surface area contributed by atoms with E-state index in [1.165, 1.54) is 17.3 Å². The second-order valence-corrected chi connectivity index (χ2v) is 5.44. The van der Waals surface area contributed by atoms with E-state index in [2.05, 4.69) is 35.1 Å². The number of amides is 1. The molecule has 0 radical (unpaired) electrons. The first-order valence-corrected chi connectivity index (χ1v) is 7.81. The third-order valence-electron chi connectivity index (χ3n) is 3.92. The van der Waals surface area contributed by atoms with E-state index in [9.17, 15) is 4.79 Å². The van der Waals surface area contributed by atoms with Crippen molar-refractivity contribution in [3.05, 3.63) is 48.9 Å². The zero-order valence-corrected chi connectivity index (χ0v) is 13.3. The molecule has 0 aromatic carbocycles. The van der Waals surface area contributed by atoms with Gasteiger partial charge in [-0.1, -0.05) is 0 Å². The number of piperazine rings is 1. The van der Waals surface area contributed by atoms with E-state index in [1.807, 2.05) is 0 Å². The maximum Gasteiger partial charge on any atom is 0.274 e. The second kappa shape index (κ2) is 6.59. The topological polar surface area (TPSA) is 106 Å². The highest BCUT2D eigenvalue weighted by molar-refractivity contribution is 5.92. The van der Waals surface area contributed by atoms with E-state index in [0.717, 1.165) is 0 Å². The zero-order chi connectivity index (χ0) is 17.1. The van der Waals surface area contributed by atoms with Crippen LogP contribution in [0.3, 0.4) is 0 Å². The van der Waals surface area contributed by atoms with Crippen LogP contribution in [0.1, 0.15) is 10.5 Å². The minimum absolute atomic E-state index is 0.133. The van der Waals surface area contributed by atoms with Gasteiger partial charge < -0.3 is 9.80 Å². The average molecular weight is 337 g/mol. The first kappa shape index (κ1) is 15.1. The van der Waals surface area contributed by atoms with Crippen molar-refractivity contribution in [2.75, 3.05) is 31.1 Å². The van der Waals surface area contributed by atoms with Gasteiger partial charge >= 0.3 is 0 Å². The van der Waals surface area contributed by atoms with Crippen LogP contribution >= 0.6 is 0 Å². The molecule has 0 atom stereocenters. The van der Waals surface area contributed by atoms with Crippen molar-refractivity contribution >= 4 is 11.9 Å². The maximum absolute atomic E-state index is 12.6. The number of carbonyl (C=O) groups excluding carboxylic acids is 1. The predicted molar refractivity (Wildman–Crippen MR) is 87.1 cm³/mol. The number of carbonyl (C=O) groups is 1. The van der Waals surface area contributed by atoms with E-state index < -0.39 is 0 Å². The monoisotopic (exact) mass is 337 g/mol. The summed E-state index contributed by atoms with van der Waals surface area (Å²) in [6, 6.07) is 5.13. The molecule has 0 N–H and O–H groups in total.